The molecule has 1 aromatic rings. The SMILES string of the molecule is N#Cc1cnc(C(F)(F)F)c(OC2CC2)c1. The average Bonchev–Trinajstić information content (AvgIpc) is 3.00. The predicted molar refractivity (Wildman–Crippen MR) is 47.6 cm³/mol. The minimum Gasteiger partial charge on any atom is -0.488 e. The first-order chi connectivity index (χ1) is 7.50. The van der Waals surface area contributed by atoms with Crippen molar-refractivity contribution < 1.29 is 17.9 Å². The van der Waals surface area contributed by atoms with E-state index in [2.05, 4.69) is 4.98 Å². The average molecular weight is 228 g/mol. The topological polar surface area (TPSA) is 45.9 Å². The highest BCUT2D eigenvalue weighted by Crippen LogP contribution is 2.37. The fraction of sp³-hybridized carbons (Fsp3) is 0.400. The molecule has 1 aromatic heterocycles. The van der Waals surface area contributed by atoms with Gasteiger partial charge in [0.05, 0.1) is 11.7 Å². The molecule has 1 aliphatic rings. The Hall–Kier alpha value is -1.77. The van der Waals surface area contributed by atoms with E-state index in [9.17, 15) is 13.2 Å². The highest BCUT2D eigenvalue weighted by atomic mass is 19.4. The third-order valence-corrected chi connectivity index (χ3v) is 2.07. The second-order valence-electron chi connectivity index (χ2n) is 3.50. The molecular formula is C10H7F3N2O. The molecule has 1 aliphatic carbocycles. The summed E-state index contributed by atoms with van der Waals surface area (Å²) in [6.07, 6.45) is -2.35. The monoisotopic (exact) mass is 228 g/mol. The Balaban J connectivity index is 2.38. The maximum absolute atomic E-state index is 12.5. The molecule has 0 saturated heterocycles. The maximum atomic E-state index is 12.5. The summed E-state index contributed by atoms with van der Waals surface area (Å²) < 4.78 is 42.7. The van der Waals surface area contributed by atoms with Crippen molar-refractivity contribution in [3.63, 3.8) is 0 Å². The van der Waals surface area contributed by atoms with E-state index in [0.29, 0.717) is 0 Å². The zero-order chi connectivity index (χ0) is 11.8. The van der Waals surface area contributed by atoms with Gasteiger partial charge in [-0.05, 0) is 12.8 Å². The van der Waals surface area contributed by atoms with E-state index in [1.54, 1.807) is 6.07 Å². The molecule has 6 heteroatoms. The highest BCUT2D eigenvalue weighted by molar-refractivity contribution is 5.39. The lowest BCUT2D eigenvalue weighted by Crippen LogP contribution is -2.12. The summed E-state index contributed by atoms with van der Waals surface area (Å²) in [5.74, 6) is -0.353. The van der Waals surface area contributed by atoms with E-state index >= 15 is 0 Å². The number of pyridine rings is 1. The molecule has 0 atom stereocenters. The third kappa shape index (κ3) is 2.24. The highest BCUT2D eigenvalue weighted by Gasteiger charge is 2.38. The van der Waals surface area contributed by atoms with Gasteiger partial charge in [-0.25, -0.2) is 4.98 Å². The Labute approximate surface area is 89.5 Å². The molecule has 0 aliphatic heterocycles. The van der Waals surface area contributed by atoms with Crippen LogP contribution in [0.25, 0.3) is 0 Å². The first kappa shape index (κ1) is 10.7. The molecule has 16 heavy (non-hydrogen) atoms. The van der Waals surface area contributed by atoms with Gasteiger partial charge >= 0.3 is 6.18 Å². The van der Waals surface area contributed by atoms with Crippen LogP contribution >= 0.6 is 0 Å². The predicted octanol–water partition coefficient (Wildman–Crippen LogP) is 2.51. The Kier molecular flexibility index (Phi) is 2.46. The van der Waals surface area contributed by atoms with Crippen molar-refractivity contribution in [3.8, 4) is 11.8 Å². The third-order valence-electron chi connectivity index (χ3n) is 2.07. The first-order valence-electron chi connectivity index (χ1n) is 4.64. The molecule has 2 rings (SSSR count). The van der Waals surface area contributed by atoms with Crippen LogP contribution in [0.5, 0.6) is 5.75 Å². The summed E-state index contributed by atoms with van der Waals surface area (Å²) in [5.41, 5.74) is -1.01. The number of nitrogens with zero attached hydrogens (tertiary/aromatic N) is 2. The van der Waals surface area contributed by atoms with Crippen molar-refractivity contribution in [1.29, 1.82) is 5.26 Å². The first-order valence-corrected chi connectivity index (χ1v) is 4.64. The van der Waals surface area contributed by atoms with Crippen molar-refractivity contribution in [2.75, 3.05) is 0 Å². The van der Waals surface area contributed by atoms with Crippen LogP contribution in [0.15, 0.2) is 12.3 Å². The Morgan fingerprint density at radius 1 is 1.44 bits per heavy atom. The van der Waals surface area contributed by atoms with Crippen molar-refractivity contribution in [2.45, 2.75) is 25.1 Å². The number of nitriles is 1. The van der Waals surface area contributed by atoms with E-state index in [1.807, 2.05) is 0 Å². The normalized spacial score (nSPS) is 15.6. The number of alkyl halides is 3. The summed E-state index contributed by atoms with van der Waals surface area (Å²) in [6.45, 7) is 0. The molecular weight excluding hydrogens is 221 g/mol. The molecule has 0 N–H and O–H groups in total. The van der Waals surface area contributed by atoms with Crippen LogP contribution in [-0.2, 0) is 6.18 Å². The molecule has 1 fully saturated rings. The number of hydrogen-bond donors (Lipinski definition) is 0. The van der Waals surface area contributed by atoms with Gasteiger partial charge in [-0.15, -0.1) is 0 Å². The number of halogens is 3. The van der Waals surface area contributed by atoms with Gasteiger partial charge in [-0.2, -0.15) is 18.4 Å². The lowest BCUT2D eigenvalue weighted by atomic mass is 10.2. The molecule has 0 aromatic carbocycles. The van der Waals surface area contributed by atoms with Crippen LogP contribution in [0.4, 0.5) is 13.2 Å². The Morgan fingerprint density at radius 3 is 2.62 bits per heavy atom. The van der Waals surface area contributed by atoms with Crippen molar-refractivity contribution in [2.24, 2.45) is 0 Å². The summed E-state index contributed by atoms with van der Waals surface area (Å²) in [4.78, 5) is 3.23. The van der Waals surface area contributed by atoms with Gasteiger partial charge in [0.25, 0.3) is 0 Å². The number of aromatic nitrogens is 1. The van der Waals surface area contributed by atoms with Crippen LogP contribution < -0.4 is 4.74 Å². The smallest absolute Gasteiger partial charge is 0.437 e. The summed E-state index contributed by atoms with van der Waals surface area (Å²) in [5, 5.41) is 8.58. The van der Waals surface area contributed by atoms with E-state index in [0.717, 1.165) is 25.1 Å². The number of hydrogen-bond acceptors (Lipinski definition) is 3. The van der Waals surface area contributed by atoms with Gasteiger partial charge in [0.15, 0.2) is 11.4 Å². The summed E-state index contributed by atoms with van der Waals surface area (Å²) in [6, 6.07) is 2.81. The van der Waals surface area contributed by atoms with E-state index in [1.165, 1.54) is 0 Å². The molecule has 3 nitrogen and oxygen atoms in total. The van der Waals surface area contributed by atoms with Gasteiger partial charge in [-0.1, -0.05) is 0 Å². The quantitative estimate of drug-likeness (QED) is 0.781. The van der Waals surface area contributed by atoms with Gasteiger partial charge in [0, 0.05) is 12.3 Å². The Morgan fingerprint density at radius 2 is 2.12 bits per heavy atom. The van der Waals surface area contributed by atoms with Crippen molar-refractivity contribution in [1.82, 2.24) is 4.98 Å². The van der Waals surface area contributed by atoms with E-state index in [4.69, 9.17) is 10.00 Å². The summed E-state index contributed by atoms with van der Waals surface area (Å²) in [7, 11) is 0. The van der Waals surface area contributed by atoms with Crippen LogP contribution in [0.3, 0.4) is 0 Å². The molecule has 0 spiro atoms. The second-order valence-corrected chi connectivity index (χ2v) is 3.50. The largest absolute Gasteiger partial charge is 0.488 e. The van der Waals surface area contributed by atoms with E-state index in [-0.39, 0.29) is 17.4 Å². The minimum atomic E-state index is -4.56. The van der Waals surface area contributed by atoms with Crippen molar-refractivity contribution in [3.05, 3.63) is 23.5 Å². The fourth-order valence-electron chi connectivity index (χ4n) is 1.17. The lowest BCUT2D eigenvalue weighted by Gasteiger charge is -2.12. The molecule has 0 amide bonds. The van der Waals surface area contributed by atoms with Gasteiger partial charge < -0.3 is 4.74 Å². The van der Waals surface area contributed by atoms with Crippen LogP contribution in [-0.4, -0.2) is 11.1 Å². The zero-order valence-corrected chi connectivity index (χ0v) is 8.08. The molecule has 1 saturated carbocycles. The maximum Gasteiger partial charge on any atom is 0.437 e. The van der Waals surface area contributed by atoms with Gasteiger partial charge in [-0.3, -0.25) is 0 Å². The lowest BCUT2D eigenvalue weighted by molar-refractivity contribution is -0.142. The van der Waals surface area contributed by atoms with Crippen molar-refractivity contribution >= 4 is 0 Å². The van der Waals surface area contributed by atoms with Crippen LogP contribution in [0, 0.1) is 11.3 Å². The Bertz CT molecular complexity index is 446. The second kappa shape index (κ2) is 3.67. The van der Waals surface area contributed by atoms with Crippen LogP contribution in [0.2, 0.25) is 0 Å². The molecule has 84 valence electrons. The minimum absolute atomic E-state index is 0.0589. The van der Waals surface area contributed by atoms with E-state index < -0.39 is 11.9 Å². The van der Waals surface area contributed by atoms with Crippen LogP contribution in [0.1, 0.15) is 24.1 Å². The number of ether oxygens (including phenoxy) is 1. The standard InChI is InChI=1S/C10H7F3N2O/c11-10(12,13)9-8(16-7-1-2-7)3-6(4-14)5-15-9/h3,5,7H,1-2H2. The summed E-state index contributed by atoms with van der Waals surface area (Å²) >= 11 is 0. The van der Waals surface area contributed by atoms with Gasteiger partial charge in [0.2, 0.25) is 0 Å². The molecule has 0 radical (unpaired) electrons. The van der Waals surface area contributed by atoms with Gasteiger partial charge in [0.1, 0.15) is 6.07 Å². The number of rotatable bonds is 2. The molecule has 0 unspecified atom stereocenters. The fourth-order valence-corrected chi connectivity index (χ4v) is 1.17. The molecule has 0 bridgehead atoms. The molecule has 1 heterocycles. The zero-order valence-electron chi connectivity index (χ0n) is 8.08.